The molecule has 0 bridgehead atoms. The minimum atomic E-state index is -0.727. The first-order valence-electron chi connectivity index (χ1n) is 5.23. The molecule has 4 N–H and O–H groups in total. The van der Waals surface area contributed by atoms with Crippen LogP contribution >= 0.6 is 11.6 Å². The normalized spacial score (nSPS) is 13.2. The third kappa shape index (κ3) is 3.10. The van der Waals surface area contributed by atoms with Crippen molar-refractivity contribution >= 4 is 23.3 Å². The predicted octanol–water partition coefficient (Wildman–Crippen LogP) is 1.73. The molecular weight excluding hydrogens is 261 g/mol. The molecule has 98 valence electrons. The zero-order valence-corrected chi connectivity index (χ0v) is 10.4. The van der Waals surface area contributed by atoms with E-state index >= 15 is 0 Å². The van der Waals surface area contributed by atoms with E-state index in [-0.39, 0.29) is 16.4 Å². The van der Waals surface area contributed by atoms with Crippen LogP contribution in [0.15, 0.2) is 23.4 Å². The summed E-state index contributed by atoms with van der Waals surface area (Å²) in [6.07, 6.45) is 0.397. The van der Waals surface area contributed by atoms with Crippen molar-refractivity contribution < 1.29 is 14.4 Å². The molecule has 1 unspecified atom stereocenters. The van der Waals surface area contributed by atoms with Gasteiger partial charge in [0.2, 0.25) is 0 Å². The molecule has 0 aromatic heterocycles. The number of carbonyl (C=O) groups excluding carboxylic acids is 1. The standard InChI is InChI=1S/C11H13ClFN3O2/c1-2-8(10(14)16-18)15-11(17)9-6(12)4-3-5-7(9)13/h3-5,8,18H,2H2,1H3,(H2,14,16)(H,15,17). The van der Waals surface area contributed by atoms with Crippen molar-refractivity contribution in [3.63, 3.8) is 0 Å². The molecule has 0 spiro atoms. The zero-order chi connectivity index (χ0) is 13.7. The number of oxime groups is 1. The first-order valence-corrected chi connectivity index (χ1v) is 5.61. The Morgan fingerprint density at radius 3 is 2.83 bits per heavy atom. The van der Waals surface area contributed by atoms with E-state index < -0.39 is 17.8 Å². The summed E-state index contributed by atoms with van der Waals surface area (Å²) in [5.74, 6) is -1.59. The van der Waals surface area contributed by atoms with Gasteiger partial charge >= 0.3 is 0 Å². The molecule has 0 radical (unpaired) electrons. The van der Waals surface area contributed by atoms with Crippen LogP contribution in [0.3, 0.4) is 0 Å². The third-order valence-corrected chi connectivity index (χ3v) is 2.69. The lowest BCUT2D eigenvalue weighted by Crippen LogP contribution is -2.44. The first-order chi connectivity index (χ1) is 8.51. The van der Waals surface area contributed by atoms with Crippen LogP contribution < -0.4 is 11.1 Å². The minimum absolute atomic E-state index is 0.00172. The monoisotopic (exact) mass is 273 g/mol. The highest BCUT2D eigenvalue weighted by molar-refractivity contribution is 6.33. The molecule has 5 nitrogen and oxygen atoms in total. The molecular formula is C11H13ClFN3O2. The Bertz CT molecular complexity index is 459. The highest BCUT2D eigenvalue weighted by Gasteiger charge is 2.20. The van der Waals surface area contributed by atoms with Crippen LogP contribution in [-0.2, 0) is 0 Å². The van der Waals surface area contributed by atoms with Gasteiger partial charge in [0, 0.05) is 0 Å². The Labute approximate surface area is 108 Å². The quantitative estimate of drug-likeness (QED) is 0.338. The highest BCUT2D eigenvalue weighted by atomic mass is 35.5. The van der Waals surface area contributed by atoms with Crippen LogP contribution in [0, 0.1) is 5.82 Å². The lowest BCUT2D eigenvalue weighted by molar-refractivity contribution is 0.0941. The van der Waals surface area contributed by atoms with Crippen LogP contribution in [0.1, 0.15) is 23.7 Å². The van der Waals surface area contributed by atoms with E-state index in [2.05, 4.69) is 10.5 Å². The average Bonchev–Trinajstić information content (AvgIpc) is 2.34. The molecule has 0 aliphatic carbocycles. The number of amidine groups is 1. The van der Waals surface area contributed by atoms with Crippen molar-refractivity contribution in [2.24, 2.45) is 10.9 Å². The largest absolute Gasteiger partial charge is 0.409 e. The van der Waals surface area contributed by atoms with Gasteiger partial charge in [-0.3, -0.25) is 4.79 Å². The fraction of sp³-hybridized carbons (Fsp3) is 0.273. The van der Waals surface area contributed by atoms with Gasteiger partial charge in [0.15, 0.2) is 5.84 Å². The van der Waals surface area contributed by atoms with Gasteiger partial charge in [-0.25, -0.2) is 4.39 Å². The average molecular weight is 274 g/mol. The molecule has 0 fully saturated rings. The smallest absolute Gasteiger partial charge is 0.256 e. The van der Waals surface area contributed by atoms with Gasteiger partial charge in [0.05, 0.1) is 16.6 Å². The molecule has 18 heavy (non-hydrogen) atoms. The van der Waals surface area contributed by atoms with Gasteiger partial charge in [-0.15, -0.1) is 0 Å². The first kappa shape index (κ1) is 14.2. The number of nitrogens with one attached hydrogen (secondary N) is 1. The van der Waals surface area contributed by atoms with E-state index in [4.69, 9.17) is 22.5 Å². The maximum atomic E-state index is 13.5. The van der Waals surface area contributed by atoms with E-state index in [1.54, 1.807) is 6.92 Å². The van der Waals surface area contributed by atoms with Gasteiger partial charge in [0.25, 0.3) is 5.91 Å². The molecule has 0 aliphatic heterocycles. The fourth-order valence-corrected chi connectivity index (χ4v) is 1.65. The maximum absolute atomic E-state index is 13.5. The Balaban J connectivity index is 2.95. The van der Waals surface area contributed by atoms with Crippen molar-refractivity contribution in [3.8, 4) is 0 Å². The summed E-state index contributed by atoms with van der Waals surface area (Å²) in [5.41, 5.74) is 5.13. The molecule has 1 aromatic rings. The number of nitrogens with zero attached hydrogens (tertiary/aromatic N) is 1. The van der Waals surface area contributed by atoms with E-state index in [0.29, 0.717) is 6.42 Å². The number of hydrogen-bond donors (Lipinski definition) is 3. The fourth-order valence-electron chi connectivity index (χ4n) is 1.40. The van der Waals surface area contributed by atoms with Crippen LogP contribution in [0.4, 0.5) is 4.39 Å². The molecule has 7 heteroatoms. The second-order valence-electron chi connectivity index (χ2n) is 3.56. The number of nitrogens with two attached hydrogens (primary N) is 1. The van der Waals surface area contributed by atoms with Crippen molar-refractivity contribution in [3.05, 3.63) is 34.6 Å². The summed E-state index contributed by atoms with van der Waals surface area (Å²) < 4.78 is 13.5. The van der Waals surface area contributed by atoms with E-state index in [0.717, 1.165) is 6.07 Å². The van der Waals surface area contributed by atoms with Crippen molar-refractivity contribution in [2.45, 2.75) is 19.4 Å². The van der Waals surface area contributed by atoms with E-state index in [1.165, 1.54) is 12.1 Å². The van der Waals surface area contributed by atoms with Gasteiger partial charge in [-0.1, -0.05) is 29.7 Å². The van der Waals surface area contributed by atoms with Crippen LogP contribution in [-0.4, -0.2) is 23.0 Å². The van der Waals surface area contributed by atoms with E-state index in [1.807, 2.05) is 0 Å². The summed E-state index contributed by atoms with van der Waals surface area (Å²) in [6.45, 7) is 1.73. The zero-order valence-electron chi connectivity index (χ0n) is 9.65. The molecule has 1 amide bonds. The highest BCUT2D eigenvalue weighted by Crippen LogP contribution is 2.18. The van der Waals surface area contributed by atoms with Crippen LogP contribution in [0.25, 0.3) is 0 Å². The number of carbonyl (C=O) groups is 1. The molecule has 0 saturated heterocycles. The number of halogens is 2. The molecule has 1 atom stereocenters. The second kappa shape index (κ2) is 6.20. The number of hydrogen-bond acceptors (Lipinski definition) is 3. The summed E-state index contributed by atoms with van der Waals surface area (Å²) in [7, 11) is 0. The summed E-state index contributed by atoms with van der Waals surface area (Å²) in [6, 6.07) is 3.25. The number of rotatable bonds is 4. The summed E-state index contributed by atoms with van der Waals surface area (Å²) in [4.78, 5) is 11.8. The minimum Gasteiger partial charge on any atom is -0.409 e. The topological polar surface area (TPSA) is 87.7 Å². The van der Waals surface area contributed by atoms with Gasteiger partial charge in [-0.2, -0.15) is 0 Å². The number of amides is 1. The van der Waals surface area contributed by atoms with Gasteiger partial charge in [-0.05, 0) is 18.6 Å². The predicted molar refractivity (Wildman–Crippen MR) is 66.4 cm³/mol. The van der Waals surface area contributed by atoms with Crippen molar-refractivity contribution in [1.29, 1.82) is 0 Å². The molecule has 1 rings (SSSR count). The Hall–Kier alpha value is -1.82. The maximum Gasteiger partial charge on any atom is 0.256 e. The summed E-state index contributed by atoms with van der Waals surface area (Å²) in [5, 5.41) is 13.8. The Morgan fingerprint density at radius 1 is 1.67 bits per heavy atom. The second-order valence-corrected chi connectivity index (χ2v) is 3.96. The molecule has 1 aromatic carbocycles. The number of benzene rings is 1. The molecule has 0 aliphatic rings. The van der Waals surface area contributed by atoms with Crippen molar-refractivity contribution in [1.82, 2.24) is 5.32 Å². The van der Waals surface area contributed by atoms with Crippen LogP contribution in [0.5, 0.6) is 0 Å². The lowest BCUT2D eigenvalue weighted by Gasteiger charge is -2.16. The molecule has 0 heterocycles. The third-order valence-electron chi connectivity index (χ3n) is 2.38. The Kier molecular flexibility index (Phi) is 4.91. The molecule has 0 saturated carbocycles. The Morgan fingerprint density at radius 2 is 2.33 bits per heavy atom. The lowest BCUT2D eigenvalue weighted by atomic mass is 10.1. The van der Waals surface area contributed by atoms with Crippen molar-refractivity contribution in [2.75, 3.05) is 0 Å². The summed E-state index contributed by atoms with van der Waals surface area (Å²) >= 11 is 5.75. The SMILES string of the molecule is CCC(NC(=O)c1c(F)cccc1Cl)/C(N)=N/O. The van der Waals surface area contributed by atoms with E-state index in [9.17, 15) is 9.18 Å². The van der Waals surface area contributed by atoms with Crippen LogP contribution in [0.2, 0.25) is 5.02 Å². The van der Waals surface area contributed by atoms with Gasteiger partial charge in [0.1, 0.15) is 5.82 Å². The van der Waals surface area contributed by atoms with Gasteiger partial charge < -0.3 is 16.3 Å².